The van der Waals surface area contributed by atoms with Gasteiger partial charge in [0, 0.05) is 22.4 Å². The molecule has 0 amide bonds. The van der Waals surface area contributed by atoms with Crippen LogP contribution in [0.2, 0.25) is 5.02 Å². The maximum Gasteiger partial charge on any atom is 0.227 e. The Bertz CT molecular complexity index is 1120. The number of benzene rings is 3. The number of rotatable bonds is 3. The van der Waals surface area contributed by atoms with Crippen molar-refractivity contribution in [2.24, 2.45) is 4.99 Å². The summed E-state index contributed by atoms with van der Waals surface area (Å²) in [6.45, 7) is 0. The van der Waals surface area contributed by atoms with Gasteiger partial charge in [-0.25, -0.2) is 4.98 Å². The molecule has 0 bridgehead atoms. The summed E-state index contributed by atoms with van der Waals surface area (Å²) in [7, 11) is 0. The molecule has 4 aromatic rings. The number of phenols is 1. The number of phenolic OH excluding ortho intramolecular Hbond substituents is 1. The first-order valence-electron chi connectivity index (χ1n) is 7.78. The minimum Gasteiger partial charge on any atom is -0.506 e. The molecule has 0 atom stereocenters. The SMILES string of the molecule is Oc1c(Br)cc(Cl)cc1C=Nc1ccc2oc(-c3ccccc3)nc2c1. The minimum atomic E-state index is 0.0898. The Morgan fingerprint density at radius 2 is 1.88 bits per heavy atom. The summed E-state index contributed by atoms with van der Waals surface area (Å²) >= 11 is 9.28. The highest BCUT2D eigenvalue weighted by molar-refractivity contribution is 9.10. The van der Waals surface area contributed by atoms with E-state index in [1.165, 1.54) is 0 Å². The number of aromatic hydroxyl groups is 1. The molecule has 1 N–H and O–H groups in total. The van der Waals surface area contributed by atoms with E-state index in [2.05, 4.69) is 25.9 Å². The van der Waals surface area contributed by atoms with Gasteiger partial charge in [-0.15, -0.1) is 0 Å². The highest BCUT2D eigenvalue weighted by Gasteiger charge is 2.09. The standard InChI is InChI=1S/C20H12BrClN2O2/c21-16-9-14(22)8-13(19(16)25)11-23-15-6-7-18-17(10-15)24-20(26-18)12-4-2-1-3-5-12/h1-11,25H. The number of oxazole rings is 1. The number of fused-ring (bicyclic) bond motifs is 1. The second kappa shape index (κ2) is 6.94. The van der Waals surface area contributed by atoms with Crippen LogP contribution in [0, 0.1) is 0 Å². The van der Waals surface area contributed by atoms with Crippen LogP contribution in [0.4, 0.5) is 5.69 Å². The van der Waals surface area contributed by atoms with Crippen LogP contribution in [0.1, 0.15) is 5.56 Å². The van der Waals surface area contributed by atoms with Crippen LogP contribution in [0.15, 0.2) is 74.5 Å². The Hall–Kier alpha value is -2.63. The van der Waals surface area contributed by atoms with Crippen molar-refractivity contribution in [3.8, 4) is 17.2 Å². The summed E-state index contributed by atoms with van der Waals surface area (Å²) in [5.41, 5.74) is 3.55. The zero-order valence-electron chi connectivity index (χ0n) is 13.4. The van der Waals surface area contributed by atoms with Crippen LogP contribution in [0.5, 0.6) is 5.75 Å². The lowest BCUT2D eigenvalue weighted by molar-refractivity contribution is 0.471. The van der Waals surface area contributed by atoms with Crippen molar-refractivity contribution < 1.29 is 9.52 Å². The molecule has 26 heavy (non-hydrogen) atoms. The van der Waals surface area contributed by atoms with Crippen molar-refractivity contribution >= 4 is 50.5 Å². The van der Waals surface area contributed by atoms with Crippen molar-refractivity contribution in [3.63, 3.8) is 0 Å². The molecular formula is C20H12BrClN2O2. The lowest BCUT2D eigenvalue weighted by atomic mass is 10.2. The lowest BCUT2D eigenvalue weighted by Crippen LogP contribution is -1.84. The molecule has 0 aliphatic rings. The summed E-state index contributed by atoms with van der Waals surface area (Å²) in [5.74, 6) is 0.658. The Labute approximate surface area is 162 Å². The van der Waals surface area contributed by atoms with Gasteiger partial charge in [0.05, 0.1) is 10.2 Å². The smallest absolute Gasteiger partial charge is 0.227 e. The second-order valence-corrected chi connectivity index (χ2v) is 6.91. The van der Waals surface area contributed by atoms with Crippen molar-refractivity contribution in [1.29, 1.82) is 0 Å². The second-order valence-electron chi connectivity index (χ2n) is 5.62. The maximum absolute atomic E-state index is 10.1. The van der Waals surface area contributed by atoms with Crippen LogP contribution in [0.25, 0.3) is 22.6 Å². The van der Waals surface area contributed by atoms with E-state index in [1.807, 2.05) is 48.5 Å². The molecule has 0 spiro atoms. The monoisotopic (exact) mass is 426 g/mol. The molecule has 0 aliphatic carbocycles. The van der Waals surface area contributed by atoms with Gasteiger partial charge in [-0.05, 0) is 58.4 Å². The van der Waals surface area contributed by atoms with Gasteiger partial charge in [-0.1, -0.05) is 29.8 Å². The van der Waals surface area contributed by atoms with Crippen LogP contribution in [-0.2, 0) is 0 Å². The molecule has 1 heterocycles. The third-order valence-electron chi connectivity index (χ3n) is 3.80. The van der Waals surface area contributed by atoms with Crippen molar-refractivity contribution in [1.82, 2.24) is 4.98 Å². The fourth-order valence-electron chi connectivity index (χ4n) is 2.53. The number of nitrogens with zero attached hydrogens (tertiary/aromatic N) is 2. The Balaban J connectivity index is 1.68. The number of hydrogen-bond acceptors (Lipinski definition) is 4. The molecule has 1 aromatic heterocycles. The van der Waals surface area contributed by atoms with E-state index in [0.29, 0.717) is 32.2 Å². The lowest BCUT2D eigenvalue weighted by Gasteiger charge is -2.02. The Morgan fingerprint density at radius 1 is 1.08 bits per heavy atom. The van der Waals surface area contributed by atoms with Gasteiger partial charge < -0.3 is 9.52 Å². The quantitative estimate of drug-likeness (QED) is 0.387. The van der Waals surface area contributed by atoms with Gasteiger partial charge in [0.2, 0.25) is 5.89 Å². The first kappa shape index (κ1) is 16.8. The molecule has 0 aliphatic heterocycles. The summed E-state index contributed by atoms with van der Waals surface area (Å²) in [6.07, 6.45) is 1.56. The number of aliphatic imine (C=N–C) groups is 1. The maximum atomic E-state index is 10.1. The Kier molecular flexibility index (Phi) is 4.49. The summed E-state index contributed by atoms with van der Waals surface area (Å²) in [5, 5.41) is 10.6. The highest BCUT2D eigenvalue weighted by Crippen LogP contribution is 2.31. The predicted octanol–water partition coefficient (Wildman–Crippen LogP) is 6.37. The van der Waals surface area contributed by atoms with Crippen LogP contribution in [0.3, 0.4) is 0 Å². The molecule has 128 valence electrons. The van der Waals surface area contributed by atoms with Crippen molar-refractivity contribution in [2.75, 3.05) is 0 Å². The van der Waals surface area contributed by atoms with E-state index in [0.717, 1.165) is 11.1 Å². The average molecular weight is 428 g/mol. The minimum absolute atomic E-state index is 0.0898. The van der Waals surface area contributed by atoms with Gasteiger partial charge in [0.25, 0.3) is 0 Å². The largest absolute Gasteiger partial charge is 0.506 e. The molecule has 6 heteroatoms. The summed E-state index contributed by atoms with van der Waals surface area (Å²) in [6, 6.07) is 18.5. The van der Waals surface area contributed by atoms with E-state index < -0.39 is 0 Å². The van der Waals surface area contributed by atoms with Gasteiger partial charge in [-0.2, -0.15) is 0 Å². The van der Waals surface area contributed by atoms with E-state index in [-0.39, 0.29) is 5.75 Å². The molecule has 0 radical (unpaired) electrons. The predicted molar refractivity (Wildman–Crippen MR) is 108 cm³/mol. The molecule has 4 rings (SSSR count). The topological polar surface area (TPSA) is 58.6 Å². The highest BCUT2D eigenvalue weighted by atomic mass is 79.9. The normalized spacial score (nSPS) is 11.5. The molecule has 0 saturated heterocycles. The number of halogens is 2. The molecule has 0 unspecified atom stereocenters. The fourth-order valence-corrected chi connectivity index (χ4v) is 3.36. The molecule has 4 nitrogen and oxygen atoms in total. The van der Waals surface area contributed by atoms with Crippen LogP contribution >= 0.6 is 27.5 Å². The third kappa shape index (κ3) is 3.36. The Morgan fingerprint density at radius 3 is 2.69 bits per heavy atom. The third-order valence-corrected chi connectivity index (χ3v) is 4.62. The van der Waals surface area contributed by atoms with Gasteiger partial charge in [-0.3, -0.25) is 4.99 Å². The van der Waals surface area contributed by atoms with E-state index >= 15 is 0 Å². The molecule has 0 saturated carbocycles. The van der Waals surface area contributed by atoms with Crippen LogP contribution < -0.4 is 0 Å². The van der Waals surface area contributed by atoms with Gasteiger partial charge >= 0.3 is 0 Å². The van der Waals surface area contributed by atoms with E-state index in [4.69, 9.17) is 16.0 Å². The molecule has 3 aromatic carbocycles. The summed E-state index contributed by atoms with van der Waals surface area (Å²) < 4.78 is 6.32. The van der Waals surface area contributed by atoms with Gasteiger partial charge in [0.15, 0.2) is 5.58 Å². The van der Waals surface area contributed by atoms with E-state index in [9.17, 15) is 5.11 Å². The average Bonchev–Trinajstić information content (AvgIpc) is 3.07. The first-order valence-corrected chi connectivity index (χ1v) is 8.95. The first-order chi connectivity index (χ1) is 12.6. The fraction of sp³-hybridized carbons (Fsp3) is 0. The van der Waals surface area contributed by atoms with Crippen LogP contribution in [-0.4, -0.2) is 16.3 Å². The van der Waals surface area contributed by atoms with E-state index in [1.54, 1.807) is 18.3 Å². The zero-order valence-corrected chi connectivity index (χ0v) is 15.7. The van der Waals surface area contributed by atoms with Crippen molar-refractivity contribution in [2.45, 2.75) is 0 Å². The zero-order chi connectivity index (χ0) is 18.1. The summed E-state index contributed by atoms with van der Waals surface area (Å²) in [4.78, 5) is 8.93. The number of aromatic nitrogens is 1. The molecule has 0 fully saturated rings. The van der Waals surface area contributed by atoms with Gasteiger partial charge in [0.1, 0.15) is 11.3 Å². The number of hydrogen-bond donors (Lipinski definition) is 1. The molecular weight excluding hydrogens is 416 g/mol. The van der Waals surface area contributed by atoms with Crippen molar-refractivity contribution in [3.05, 3.63) is 75.7 Å².